The lowest BCUT2D eigenvalue weighted by Crippen LogP contribution is -2.47. The molecule has 1 aromatic rings. The van der Waals surface area contributed by atoms with Crippen LogP contribution in [0.5, 0.6) is 0 Å². The van der Waals surface area contributed by atoms with Crippen molar-refractivity contribution in [1.29, 1.82) is 0 Å². The summed E-state index contributed by atoms with van der Waals surface area (Å²) in [5, 5.41) is 12.5. The molecule has 2 N–H and O–H groups in total. The number of aliphatic hydroxyl groups excluding tert-OH is 1. The molecule has 0 saturated carbocycles. The smallest absolute Gasteiger partial charge is 0.389 e. The monoisotopic (exact) mass is 330 g/mol. The summed E-state index contributed by atoms with van der Waals surface area (Å²) in [4.78, 5) is 13.7. The third-order valence-electron chi connectivity index (χ3n) is 4.14. The molecule has 2 atom stereocenters. The van der Waals surface area contributed by atoms with E-state index < -0.39 is 24.7 Å². The van der Waals surface area contributed by atoms with Crippen molar-refractivity contribution < 1.29 is 23.1 Å². The molecule has 1 aliphatic heterocycles. The molecule has 0 bridgehead atoms. The summed E-state index contributed by atoms with van der Waals surface area (Å²) in [6.07, 6.45) is -5.22. The number of carbonyl (C=O) groups is 1. The molecule has 0 radical (unpaired) electrons. The van der Waals surface area contributed by atoms with E-state index in [2.05, 4.69) is 5.32 Å². The number of benzene rings is 1. The number of hydrogen-bond donors (Lipinski definition) is 2. The summed E-state index contributed by atoms with van der Waals surface area (Å²) in [6, 6.07) is 6.09. The number of para-hydroxylation sites is 1. The summed E-state index contributed by atoms with van der Waals surface area (Å²) < 4.78 is 37.1. The van der Waals surface area contributed by atoms with Crippen LogP contribution in [-0.2, 0) is 6.42 Å². The van der Waals surface area contributed by atoms with Gasteiger partial charge in [-0.2, -0.15) is 13.2 Å². The fourth-order valence-electron chi connectivity index (χ4n) is 2.56. The van der Waals surface area contributed by atoms with E-state index in [9.17, 15) is 23.1 Å². The first-order valence-electron chi connectivity index (χ1n) is 7.65. The van der Waals surface area contributed by atoms with E-state index in [4.69, 9.17) is 0 Å². The highest BCUT2D eigenvalue weighted by Crippen LogP contribution is 2.26. The number of alkyl halides is 3. The zero-order valence-corrected chi connectivity index (χ0v) is 12.9. The highest BCUT2D eigenvalue weighted by atomic mass is 19.4. The van der Waals surface area contributed by atoms with Gasteiger partial charge in [0, 0.05) is 25.2 Å². The van der Waals surface area contributed by atoms with Crippen molar-refractivity contribution in [3.8, 4) is 0 Å². The maximum Gasteiger partial charge on any atom is 0.389 e. The predicted molar refractivity (Wildman–Crippen MR) is 81.2 cm³/mol. The van der Waals surface area contributed by atoms with Crippen molar-refractivity contribution in [2.45, 2.75) is 38.5 Å². The third-order valence-corrected chi connectivity index (χ3v) is 4.14. The Morgan fingerprint density at radius 2 is 2.09 bits per heavy atom. The van der Waals surface area contributed by atoms with Crippen LogP contribution in [0.2, 0.25) is 0 Å². The van der Waals surface area contributed by atoms with Crippen molar-refractivity contribution >= 4 is 11.7 Å². The van der Waals surface area contributed by atoms with Crippen molar-refractivity contribution in [3.63, 3.8) is 0 Å². The Morgan fingerprint density at radius 3 is 2.74 bits per heavy atom. The molecule has 1 aliphatic rings. The molecule has 1 aromatic carbocycles. The molecule has 4 nitrogen and oxygen atoms in total. The molecule has 2 rings (SSSR count). The molecule has 23 heavy (non-hydrogen) atoms. The van der Waals surface area contributed by atoms with Gasteiger partial charge in [0.2, 0.25) is 0 Å². The first-order valence-corrected chi connectivity index (χ1v) is 7.65. The Labute approximate surface area is 133 Å². The topological polar surface area (TPSA) is 52.6 Å². The van der Waals surface area contributed by atoms with Crippen LogP contribution < -0.4 is 5.32 Å². The maximum atomic E-state index is 12.4. The number of rotatable bonds is 3. The molecule has 7 heteroatoms. The lowest BCUT2D eigenvalue weighted by Gasteiger charge is -2.34. The van der Waals surface area contributed by atoms with Gasteiger partial charge < -0.3 is 15.3 Å². The van der Waals surface area contributed by atoms with Gasteiger partial charge in [-0.15, -0.1) is 0 Å². The van der Waals surface area contributed by atoms with Gasteiger partial charge in [-0.05, 0) is 30.4 Å². The molecule has 2 unspecified atom stereocenters. The van der Waals surface area contributed by atoms with Crippen LogP contribution in [-0.4, -0.2) is 41.4 Å². The van der Waals surface area contributed by atoms with E-state index >= 15 is 0 Å². The van der Waals surface area contributed by atoms with Gasteiger partial charge in [-0.1, -0.05) is 25.1 Å². The van der Waals surface area contributed by atoms with E-state index in [-0.39, 0.29) is 18.9 Å². The fourth-order valence-corrected chi connectivity index (χ4v) is 2.56. The van der Waals surface area contributed by atoms with E-state index in [1.54, 1.807) is 24.3 Å². The number of piperidine rings is 1. The van der Waals surface area contributed by atoms with Crippen LogP contribution >= 0.6 is 0 Å². The number of amides is 2. The van der Waals surface area contributed by atoms with Gasteiger partial charge in [-0.25, -0.2) is 4.79 Å². The average Bonchev–Trinajstić information content (AvgIpc) is 2.48. The minimum Gasteiger partial charge on any atom is -0.391 e. The lowest BCUT2D eigenvalue weighted by atomic mass is 9.96. The van der Waals surface area contributed by atoms with Crippen molar-refractivity contribution in [2.75, 3.05) is 18.4 Å². The first-order chi connectivity index (χ1) is 10.8. The number of likely N-dealkylation sites (tertiary alicyclic amines) is 1. The van der Waals surface area contributed by atoms with E-state index in [0.717, 1.165) is 0 Å². The molecular formula is C16H21F3N2O2. The molecule has 1 saturated heterocycles. The van der Waals surface area contributed by atoms with E-state index in [1.807, 2.05) is 6.92 Å². The number of carbonyl (C=O) groups excluding carboxylic acids is 1. The number of urea groups is 1. The van der Waals surface area contributed by atoms with Crippen molar-refractivity contribution in [1.82, 2.24) is 4.90 Å². The summed E-state index contributed by atoms with van der Waals surface area (Å²) >= 11 is 0. The molecule has 1 fully saturated rings. The molecule has 0 aromatic heterocycles. The van der Waals surface area contributed by atoms with Crippen LogP contribution in [0.1, 0.15) is 25.3 Å². The lowest BCUT2D eigenvalue weighted by molar-refractivity contribution is -0.133. The number of nitrogens with zero attached hydrogens (tertiary/aromatic N) is 1. The van der Waals surface area contributed by atoms with Crippen LogP contribution in [0.15, 0.2) is 24.3 Å². The summed E-state index contributed by atoms with van der Waals surface area (Å²) in [5.41, 5.74) is 0.832. The Bertz CT molecular complexity index is 548. The van der Waals surface area contributed by atoms with E-state index in [1.165, 1.54) is 4.90 Å². The van der Waals surface area contributed by atoms with Crippen LogP contribution in [0, 0.1) is 5.92 Å². The molecule has 0 aliphatic carbocycles. The number of nitrogens with one attached hydrogen (secondary N) is 1. The van der Waals surface area contributed by atoms with E-state index in [0.29, 0.717) is 24.2 Å². The van der Waals surface area contributed by atoms with Crippen molar-refractivity contribution in [3.05, 3.63) is 29.8 Å². The van der Waals surface area contributed by atoms with Crippen LogP contribution in [0.25, 0.3) is 0 Å². The zero-order valence-electron chi connectivity index (χ0n) is 12.9. The fraction of sp³-hybridized carbons (Fsp3) is 0.562. The summed E-state index contributed by atoms with van der Waals surface area (Å²) in [7, 11) is 0. The second kappa shape index (κ2) is 7.21. The first kappa shape index (κ1) is 17.6. The maximum absolute atomic E-state index is 12.4. The van der Waals surface area contributed by atoms with Gasteiger partial charge in [0.1, 0.15) is 0 Å². The van der Waals surface area contributed by atoms with Gasteiger partial charge in [0.15, 0.2) is 0 Å². The molecule has 128 valence electrons. The highest BCUT2D eigenvalue weighted by Gasteiger charge is 2.29. The number of aryl methyl sites for hydroxylation is 1. The Kier molecular flexibility index (Phi) is 5.51. The minimum atomic E-state index is -4.23. The summed E-state index contributed by atoms with van der Waals surface area (Å²) in [6.45, 7) is 2.68. The van der Waals surface area contributed by atoms with Crippen LogP contribution in [0.3, 0.4) is 0 Å². The number of β-amino-alcohol motifs (C(OH)–C–C–N with tert-alkyl or cyclic N) is 1. The summed E-state index contributed by atoms with van der Waals surface area (Å²) in [5.74, 6) is 0.137. The zero-order chi connectivity index (χ0) is 17.0. The number of anilines is 1. The predicted octanol–water partition coefficient (Wildman–Crippen LogP) is 3.42. The molecule has 0 spiro atoms. The Balaban J connectivity index is 2.01. The van der Waals surface area contributed by atoms with Gasteiger partial charge in [0.25, 0.3) is 0 Å². The highest BCUT2D eigenvalue weighted by molar-refractivity contribution is 5.90. The molecule has 2 amide bonds. The van der Waals surface area contributed by atoms with Gasteiger partial charge in [-0.3, -0.25) is 0 Å². The normalized spacial score (nSPS) is 22.0. The quantitative estimate of drug-likeness (QED) is 0.892. The Morgan fingerprint density at radius 1 is 1.39 bits per heavy atom. The molecule has 1 heterocycles. The second-order valence-electron chi connectivity index (χ2n) is 5.98. The number of hydrogen-bond acceptors (Lipinski definition) is 2. The number of halogens is 3. The van der Waals surface area contributed by atoms with Crippen LogP contribution in [0.4, 0.5) is 23.7 Å². The van der Waals surface area contributed by atoms with Gasteiger partial charge >= 0.3 is 12.2 Å². The minimum absolute atomic E-state index is 0.137. The average molecular weight is 330 g/mol. The SMILES string of the molecule is CC1CCN(C(=O)Nc2ccccc2CCC(F)(F)F)CC1O. The third kappa shape index (κ3) is 5.13. The second-order valence-corrected chi connectivity index (χ2v) is 5.98. The number of aliphatic hydroxyl groups is 1. The Hall–Kier alpha value is -1.76. The van der Waals surface area contributed by atoms with Gasteiger partial charge in [0.05, 0.1) is 6.10 Å². The largest absolute Gasteiger partial charge is 0.391 e. The molecular weight excluding hydrogens is 309 g/mol. The van der Waals surface area contributed by atoms with Crippen molar-refractivity contribution in [2.24, 2.45) is 5.92 Å². The standard InChI is InChI=1S/C16H21F3N2O2/c1-11-7-9-21(10-14(11)22)15(23)20-13-5-3-2-4-12(13)6-8-16(17,18)19/h2-5,11,14,22H,6-10H2,1H3,(H,20,23).